The molecule has 25 heavy (non-hydrogen) atoms. The first kappa shape index (κ1) is 16.1. The summed E-state index contributed by atoms with van der Waals surface area (Å²) >= 11 is 0. The van der Waals surface area contributed by atoms with E-state index in [0.29, 0.717) is 12.5 Å². The zero-order valence-corrected chi connectivity index (χ0v) is 14.2. The summed E-state index contributed by atoms with van der Waals surface area (Å²) < 4.78 is 11.3. The van der Waals surface area contributed by atoms with Crippen LogP contribution in [-0.4, -0.2) is 41.4 Å². The molecule has 0 saturated carbocycles. The molecule has 0 unspecified atom stereocenters. The van der Waals surface area contributed by atoms with Crippen molar-refractivity contribution >= 4 is 11.7 Å². The lowest BCUT2D eigenvalue weighted by molar-refractivity contribution is -0.132. The fraction of sp³-hybridized carbons (Fsp3) is 0.500. The van der Waals surface area contributed by atoms with Gasteiger partial charge in [-0.1, -0.05) is 0 Å². The third-order valence-corrected chi connectivity index (χ3v) is 4.97. The minimum absolute atomic E-state index is 0.0625. The highest BCUT2D eigenvalue weighted by Crippen LogP contribution is 2.34. The maximum atomic E-state index is 12.4. The number of rotatable bonds is 4. The lowest BCUT2D eigenvalue weighted by Crippen LogP contribution is -2.43. The highest BCUT2D eigenvalue weighted by Gasteiger charge is 2.42. The van der Waals surface area contributed by atoms with Gasteiger partial charge in [-0.2, -0.15) is 5.10 Å². The van der Waals surface area contributed by atoms with Gasteiger partial charge >= 0.3 is 0 Å². The Morgan fingerprint density at radius 3 is 3.04 bits per heavy atom. The van der Waals surface area contributed by atoms with Gasteiger partial charge in [0.15, 0.2) is 5.82 Å². The number of anilines is 1. The molecule has 4 rings (SSSR count). The molecule has 1 amide bonds. The van der Waals surface area contributed by atoms with E-state index in [1.54, 1.807) is 6.26 Å². The van der Waals surface area contributed by atoms with Crippen LogP contribution in [0.1, 0.15) is 24.3 Å². The molecule has 132 valence electrons. The predicted octanol–water partition coefficient (Wildman–Crippen LogP) is 1.68. The molecule has 7 nitrogen and oxygen atoms in total. The first-order valence-electron chi connectivity index (χ1n) is 8.70. The Balaban J connectivity index is 1.33. The molecular formula is C18H22N4O3. The third-order valence-electron chi connectivity index (χ3n) is 4.97. The van der Waals surface area contributed by atoms with Gasteiger partial charge in [0.2, 0.25) is 5.91 Å². The van der Waals surface area contributed by atoms with E-state index in [4.69, 9.17) is 9.15 Å². The van der Waals surface area contributed by atoms with Gasteiger partial charge in [0.25, 0.3) is 0 Å². The Hall–Kier alpha value is -2.41. The minimum atomic E-state index is -0.381. The number of fused-ring (bicyclic) bond motifs is 1. The number of nitrogens with zero attached hydrogens (tertiary/aromatic N) is 3. The molecule has 0 spiro atoms. The second-order valence-electron chi connectivity index (χ2n) is 6.72. The average molecular weight is 342 g/mol. The molecule has 0 aliphatic carbocycles. The molecule has 3 atom stereocenters. The number of nitrogens with one attached hydrogen (secondary N) is 1. The number of ether oxygens (including phenoxy) is 1. The van der Waals surface area contributed by atoms with E-state index >= 15 is 0 Å². The van der Waals surface area contributed by atoms with Crippen LogP contribution in [0.3, 0.4) is 0 Å². The molecule has 0 aromatic carbocycles. The minimum Gasteiger partial charge on any atom is -0.467 e. The van der Waals surface area contributed by atoms with Crippen molar-refractivity contribution in [3.8, 4) is 0 Å². The molecule has 2 aliphatic rings. The van der Waals surface area contributed by atoms with Crippen LogP contribution in [0, 0.1) is 12.8 Å². The second-order valence-corrected chi connectivity index (χ2v) is 6.72. The highest BCUT2D eigenvalue weighted by molar-refractivity contribution is 5.81. The summed E-state index contributed by atoms with van der Waals surface area (Å²) in [4.78, 5) is 14.6. The maximum absolute atomic E-state index is 12.4. The first-order valence-corrected chi connectivity index (χ1v) is 8.70. The normalized spacial score (nSPS) is 25.6. The van der Waals surface area contributed by atoms with Crippen molar-refractivity contribution in [1.82, 2.24) is 15.5 Å². The van der Waals surface area contributed by atoms with Gasteiger partial charge in [0.05, 0.1) is 24.6 Å². The number of aryl methyl sites for hydroxylation is 1. The maximum Gasteiger partial charge on any atom is 0.249 e. The van der Waals surface area contributed by atoms with Crippen LogP contribution in [0.25, 0.3) is 0 Å². The number of aromatic nitrogens is 2. The van der Waals surface area contributed by atoms with Crippen LogP contribution in [-0.2, 0) is 16.1 Å². The standard InChI is InChI=1S/C18H22N4O3/c1-12-4-5-17(21-20-12)22-7-6-13-9-15(25-16(13)11-22)18(23)19-10-14-3-2-8-24-14/h2-5,8,13,15-16H,6-7,9-11H2,1H3,(H,19,23)/t13-,15+,16-/m0/s1. The quantitative estimate of drug-likeness (QED) is 0.910. The molecule has 2 fully saturated rings. The number of piperidine rings is 1. The molecule has 2 aliphatic heterocycles. The van der Waals surface area contributed by atoms with Crippen LogP contribution in [0.2, 0.25) is 0 Å². The summed E-state index contributed by atoms with van der Waals surface area (Å²) in [5.41, 5.74) is 0.907. The summed E-state index contributed by atoms with van der Waals surface area (Å²) in [6.45, 7) is 3.99. The number of hydrogen-bond acceptors (Lipinski definition) is 6. The van der Waals surface area contributed by atoms with Crippen molar-refractivity contribution in [3.05, 3.63) is 42.0 Å². The van der Waals surface area contributed by atoms with Crippen molar-refractivity contribution in [1.29, 1.82) is 0 Å². The van der Waals surface area contributed by atoms with Gasteiger partial charge in [0, 0.05) is 13.1 Å². The SMILES string of the molecule is Cc1ccc(N2CC[C@H]3C[C@H](C(=O)NCc4ccco4)O[C@H]3C2)nn1. The van der Waals surface area contributed by atoms with Gasteiger partial charge in [0.1, 0.15) is 11.9 Å². The molecular weight excluding hydrogens is 320 g/mol. The van der Waals surface area contributed by atoms with Crippen LogP contribution in [0.5, 0.6) is 0 Å². The van der Waals surface area contributed by atoms with Gasteiger partial charge in [-0.05, 0) is 49.9 Å². The fourth-order valence-corrected chi connectivity index (χ4v) is 3.57. The Morgan fingerprint density at radius 1 is 1.36 bits per heavy atom. The number of carbonyl (C=O) groups excluding carboxylic acids is 1. The molecule has 2 aromatic heterocycles. The predicted molar refractivity (Wildman–Crippen MR) is 90.9 cm³/mol. The van der Waals surface area contributed by atoms with Crippen molar-refractivity contribution in [2.24, 2.45) is 5.92 Å². The van der Waals surface area contributed by atoms with E-state index in [-0.39, 0.29) is 18.1 Å². The summed E-state index contributed by atoms with van der Waals surface area (Å²) in [6, 6.07) is 7.61. The summed E-state index contributed by atoms with van der Waals surface area (Å²) in [7, 11) is 0. The molecule has 1 N–H and O–H groups in total. The average Bonchev–Trinajstić information content (AvgIpc) is 3.29. The Labute approximate surface area is 146 Å². The monoisotopic (exact) mass is 342 g/mol. The lowest BCUT2D eigenvalue weighted by atomic mass is 9.91. The number of hydrogen-bond donors (Lipinski definition) is 1. The Kier molecular flexibility index (Phi) is 4.40. The van der Waals surface area contributed by atoms with Crippen LogP contribution >= 0.6 is 0 Å². The van der Waals surface area contributed by atoms with Crippen molar-refractivity contribution in [2.75, 3.05) is 18.0 Å². The van der Waals surface area contributed by atoms with E-state index in [1.165, 1.54) is 0 Å². The van der Waals surface area contributed by atoms with Gasteiger partial charge in [-0.25, -0.2) is 0 Å². The molecule has 0 radical (unpaired) electrons. The topological polar surface area (TPSA) is 80.5 Å². The van der Waals surface area contributed by atoms with Crippen molar-refractivity contribution in [2.45, 2.75) is 38.5 Å². The molecule has 2 saturated heterocycles. The third kappa shape index (κ3) is 3.51. The van der Waals surface area contributed by atoms with E-state index in [1.807, 2.05) is 31.2 Å². The summed E-state index contributed by atoms with van der Waals surface area (Å²) in [6.07, 6.45) is 3.07. The van der Waals surface area contributed by atoms with Gasteiger partial charge < -0.3 is 19.4 Å². The molecule has 7 heteroatoms. The van der Waals surface area contributed by atoms with E-state index in [9.17, 15) is 4.79 Å². The van der Waals surface area contributed by atoms with E-state index in [0.717, 1.165) is 43.2 Å². The van der Waals surface area contributed by atoms with Gasteiger partial charge in [-0.3, -0.25) is 4.79 Å². The van der Waals surface area contributed by atoms with Crippen LogP contribution in [0.4, 0.5) is 5.82 Å². The Bertz CT molecular complexity index is 716. The molecule has 4 heterocycles. The lowest BCUT2D eigenvalue weighted by Gasteiger charge is -2.34. The molecule has 0 bridgehead atoms. The van der Waals surface area contributed by atoms with E-state index in [2.05, 4.69) is 20.4 Å². The number of amides is 1. The smallest absolute Gasteiger partial charge is 0.249 e. The number of carbonyl (C=O) groups is 1. The molecule has 2 aromatic rings. The number of furan rings is 1. The van der Waals surface area contributed by atoms with Crippen LogP contribution < -0.4 is 10.2 Å². The largest absolute Gasteiger partial charge is 0.467 e. The highest BCUT2D eigenvalue weighted by atomic mass is 16.5. The Morgan fingerprint density at radius 2 is 2.28 bits per heavy atom. The van der Waals surface area contributed by atoms with Crippen molar-refractivity contribution < 1.29 is 13.9 Å². The summed E-state index contributed by atoms with van der Waals surface area (Å²) in [5, 5.41) is 11.3. The zero-order chi connectivity index (χ0) is 17.2. The van der Waals surface area contributed by atoms with Gasteiger partial charge in [-0.15, -0.1) is 5.10 Å². The summed E-state index contributed by atoms with van der Waals surface area (Å²) in [5.74, 6) is 1.98. The van der Waals surface area contributed by atoms with Crippen molar-refractivity contribution in [3.63, 3.8) is 0 Å². The second kappa shape index (κ2) is 6.84. The fourth-order valence-electron chi connectivity index (χ4n) is 3.57. The van der Waals surface area contributed by atoms with E-state index < -0.39 is 0 Å². The van der Waals surface area contributed by atoms with Crippen LogP contribution in [0.15, 0.2) is 34.9 Å². The zero-order valence-electron chi connectivity index (χ0n) is 14.2. The first-order chi connectivity index (χ1) is 12.2.